The number of hydrogen-bond donors (Lipinski definition) is 0. The Morgan fingerprint density at radius 2 is 2.26 bits per heavy atom. The molecule has 1 aliphatic rings. The van der Waals surface area contributed by atoms with E-state index in [0.29, 0.717) is 17.9 Å². The van der Waals surface area contributed by atoms with Crippen LogP contribution < -0.4 is 0 Å². The Bertz CT molecular complexity index is 605. The first-order valence-electron chi connectivity index (χ1n) is 4.93. The van der Waals surface area contributed by atoms with E-state index in [1.165, 1.54) is 17.1 Å². The average Bonchev–Trinajstić information content (AvgIpc) is 2.70. The molecule has 0 spiro atoms. The molecule has 0 radical (unpaired) electrons. The lowest BCUT2D eigenvalue weighted by atomic mass is 10.3. The molecule has 0 N–H and O–H groups in total. The minimum atomic E-state index is -4.05. The van der Waals surface area contributed by atoms with Crippen molar-refractivity contribution in [1.82, 2.24) is 0 Å². The van der Waals surface area contributed by atoms with Crippen molar-refractivity contribution in [2.45, 2.75) is 21.5 Å². The van der Waals surface area contributed by atoms with Gasteiger partial charge < -0.3 is 9.47 Å². The van der Waals surface area contributed by atoms with Crippen molar-refractivity contribution in [2.75, 3.05) is 12.9 Å². The highest BCUT2D eigenvalue weighted by atomic mass is 35.7. The molecule has 1 atom stereocenters. The van der Waals surface area contributed by atoms with Crippen molar-refractivity contribution in [1.29, 1.82) is 0 Å². The first-order valence-corrected chi connectivity index (χ1v) is 9.72. The van der Waals surface area contributed by atoms with Gasteiger partial charge in [0.2, 0.25) is 0 Å². The van der Waals surface area contributed by atoms with Gasteiger partial charge in [0.25, 0.3) is 14.3 Å². The van der Waals surface area contributed by atoms with Crippen LogP contribution in [0.5, 0.6) is 0 Å². The predicted molar refractivity (Wildman–Crippen MR) is 73.7 cm³/mol. The summed E-state index contributed by atoms with van der Waals surface area (Å²) in [5.74, 6) is -0.862. The van der Waals surface area contributed by atoms with Gasteiger partial charge >= 0.3 is 5.97 Å². The summed E-state index contributed by atoms with van der Waals surface area (Å²) in [7, 11) is 1.30. The summed E-state index contributed by atoms with van der Waals surface area (Å²) in [5.41, 5.74) is 0. The maximum atomic E-state index is 11.9. The Morgan fingerprint density at radius 1 is 1.63 bits per heavy atom. The standard InChI is InChI=1S/C9H8Cl2O5S3/c1-17-5-4-18-6(7(5)19(11,13)14)8(12)16-9(10)2-3-15-9/h4H,2-3H2,1H3. The SMILES string of the molecule is CSc1csc(C(=O)OC2(Cl)CCO2)c1S(=O)(=O)Cl. The second kappa shape index (κ2) is 5.42. The fourth-order valence-corrected chi connectivity index (χ4v) is 5.66. The summed E-state index contributed by atoms with van der Waals surface area (Å²) in [6, 6.07) is 0. The summed E-state index contributed by atoms with van der Waals surface area (Å²) in [6.45, 7) is 0.387. The molecular formula is C9H8Cl2O5S3. The Labute approximate surface area is 127 Å². The topological polar surface area (TPSA) is 69.7 Å². The van der Waals surface area contributed by atoms with E-state index in [-0.39, 0.29) is 9.77 Å². The second-order valence-electron chi connectivity index (χ2n) is 3.55. The fraction of sp³-hybridized carbons (Fsp3) is 0.444. The number of halogens is 2. The number of carbonyl (C=O) groups is 1. The number of esters is 1. The van der Waals surface area contributed by atoms with Gasteiger partial charge in [0.1, 0.15) is 9.77 Å². The van der Waals surface area contributed by atoms with E-state index >= 15 is 0 Å². The second-order valence-corrected chi connectivity index (χ2v) is 8.35. The van der Waals surface area contributed by atoms with Crippen LogP contribution in [0.4, 0.5) is 0 Å². The molecule has 5 nitrogen and oxygen atoms in total. The quantitative estimate of drug-likeness (QED) is 0.355. The highest BCUT2D eigenvalue weighted by Gasteiger charge is 2.42. The van der Waals surface area contributed by atoms with Gasteiger partial charge in [0.05, 0.1) is 13.0 Å². The van der Waals surface area contributed by atoms with Crippen molar-refractivity contribution in [3.63, 3.8) is 0 Å². The molecule has 2 rings (SSSR count). The molecule has 0 saturated carbocycles. The summed E-state index contributed by atoms with van der Waals surface area (Å²) in [6.07, 6.45) is 2.03. The van der Waals surface area contributed by atoms with Crippen LogP contribution >= 0.6 is 45.4 Å². The lowest BCUT2D eigenvalue weighted by Gasteiger charge is -2.34. The number of alkyl halides is 1. The number of hydrogen-bond acceptors (Lipinski definition) is 7. The molecule has 0 amide bonds. The van der Waals surface area contributed by atoms with E-state index < -0.39 is 20.3 Å². The molecule has 0 bridgehead atoms. The smallest absolute Gasteiger partial charge is 0.353 e. The average molecular weight is 363 g/mol. The minimum Gasteiger partial charge on any atom is -0.414 e. The lowest BCUT2D eigenvalue weighted by Crippen LogP contribution is -2.42. The van der Waals surface area contributed by atoms with Gasteiger partial charge in [0, 0.05) is 21.0 Å². The number of thiophene rings is 1. The molecule has 10 heteroatoms. The molecule has 19 heavy (non-hydrogen) atoms. The van der Waals surface area contributed by atoms with Crippen LogP contribution in [0, 0.1) is 0 Å². The first-order chi connectivity index (χ1) is 8.77. The zero-order chi connectivity index (χ0) is 14.3. The van der Waals surface area contributed by atoms with Crippen molar-refractivity contribution in [3.05, 3.63) is 10.3 Å². The van der Waals surface area contributed by atoms with Crippen molar-refractivity contribution >= 4 is 60.4 Å². The monoisotopic (exact) mass is 362 g/mol. The zero-order valence-electron chi connectivity index (χ0n) is 9.51. The Morgan fingerprint density at radius 3 is 2.68 bits per heavy atom. The van der Waals surface area contributed by atoms with Crippen LogP contribution in [0.2, 0.25) is 0 Å². The van der Waals surface area contributed by atoms with Crippen LogP contribution in [0.25, 0.3) is 0 Å². The fourth-order valence-electron chi connectivity index (χ4n) is 1.37. The van der Waals surface area contributed by atoms with Gasteiger partial charge in [0.15, 0.2) is 0 Å². The van der Waals surface area contributed by atoms with E-state index in [0.717, 1.165) is 11.3 Å². The highest BCUT2D eigenvalue weighted by molar-refractivity contribution is 8.14. The van der Waals surface area contributed by atoms with Gasteiger partial charge in [-0.2, -0.15) is 0 Å². The highest BCUT2D eigenvalue weighted by Crippen LogP contribution is 2.39. The van der Waals surface area contributed by atoms with Gasteiger partial charge in [-0.15, -0.1) is 23.1 Å². The number of ether oxygens (including phenoxy) is 2. The van der Waals surface area contributed by atoms with E-state index in [1.54, 1.807) is 6.26 Å². The molecule has 1 aromatic rings. The molecule has 0 aromatic carbocycles. The van der Waals surface area contributed by atoms with Crippen LogP contribution in [-0.4, -0.2) is 32.5 Å². The molecule has 106 valence electrons. The number of thioether (sulfide) groups is 1. The largest absolute Gasteiger partial charge is 0.414 e. The van der Waals surface area contributed by atoms with E-state index in [4.69, 9.17) is 31.8 Å². The summed E-state index contributed by atoms with van der Waals surface area (Å²) >= 11 is 7.92. The maximum Gasteiger partial charge on any atom is 0.353 e. The molecule has 1 aliphatic heterocycles. The Balaban J connectivity index is 2.34. The summed E-state index contributed by atoms with van der Waals surface area (Å²) in [5, 5.41) is 0.0347. The predicted octanol–water partition coefficient (Wildman–Crippen LogP) is 2.87. The van der Waals surface area contributed by atoms with Crippen molar-refractivity contribution < 1.29 is 22.7 Å². The number of rotatable bonds is 4. The van der Waals surface area contributed by atoms with Crippen LogP contribution in [-0.2, 0) is 18.5 Å². The van der Waals surface area contributed by atoms with Gasteiger partial charge in [-0.3, -0.25) is 0 Å². The first kappa shape index (κ1) is 15.4. The van der Waals surface area contributed by atoms with Gasteiger partial charge in [-0.1, -0.05) is 0 Å². The molecule has 1 unspecified atom stereocenters. The molecule has 1 saturated heterocycles. The summed E-state index contributed by atoms with van der Waals surface area (Å²) < 4.78 is 32.9. The lowest BCUT2D eigenvalue weighted by molar-refractivity contribution is -0.220. The maximum absolute atomic E-state index is 11.9. The third-order valence-corrected chi connectivity index (χ3v) is 6.21. The van der Waals surface area contributed by atoms with E-state index in [1.807, 2.05) is 0 Å². The third-order valence-electron chi connectivity index (χ3n) is 2.33. The van der Waals surface area contributed by atoms with Crippen LogP contribution in [0.1, 0.15) is 16.1 Å². The zero-order valence-corrected chi connectivity index (χ0v) is 13.5. The molecule has 1 aromatic heterocycles. The Kier molecular flexibility index (Phi) is 4.39. The molecular weight excluding hydrogens is 355 g/mol. The van der Waals surface area contributed by atoms with E-state index in [9.17, 15) is 13.2 Å². The van der Waals surface area contributed by atoms with Gasteiger partial charge in [-0.05, 0) is 17.9 Å². The molecule has 0 aliphatic carbocycles. The number of carbonyl (C=O) groups excluding carboxylic acids is 1. The molecule has 2 heterocycles. The molecule has 1 fully saturated rings. The third kappa shape index (κ3) is 3.20. The van der Waals surface area contributed by atoms with Crippen molar-refractivity contribution in [2.24, 2.45) is 0 Å². The summed E-state index contributed by atoms with van der Waals surface area (Å²) in [4.78, 5) is 12.0. The minimum absolute atomic E-state index is 0.102. The van der Waals surface area contributed by atoms with Gasteiger partial charge in [-0.25, -0.2) is 13.2 Å². The van der Waals surface area contributed by atoms with E-state index in [2.05, 4.69) is 0 Å². The van der Waals surface area contributed by atoms with Crippen LogP contribution in [0.3, 0.4) is 0 Å². The normalized spacial score (nSPS) is 22.9. The Hall–Kier alpha value is 0.01000. The van der Waals surface area contributed by atoms with Crippen molar-refractivity contribution in [3.8, 4) is 0 Å². The van der Waals surface area contributed by atoms with Crippen LogP contribution in [0.15, 0.2) is 15.2 Å².